The van der Waals surface area contributed by atoms with E-state index < -0.39 is 30.9 Å². The number of fused-ring (bicyclic) bond motifs is 1. The van der Waals surface area contributed by atoms with Gasteiger partial charge in [-0.1, -0.05) is 12.1 Å². The molecule has 0 fully saturated rings. The molecular weight excluding hydrogens is 413 g/mol. The van der Waals surface area contributed by atoms with E-state index in [0.29, 0.717) is 18.0 Å². The fourth-order valence-electron chi connectivity index (χ4n) is 2.91. The van der Waals surface area contributed by atoms with Crippen molar-refractivity contribution in [1.29, 1.82) is 0 Å². The number of alkyl halides is 3. The number of hydrogen-bond donors (Lipinski definition) is 0. The van der Waals surface area contributed by atoms with Crippen molar-refractivity contribution >= 4 is 32.2 Å². The molecule has 0 spiro atoms. The van der Waals surface area contributed by atoms with Crippen molar-refractivity contribution in [3.05, 3.63) is 58.4 Å². The summed E-state index contributed by atoms with van der Waals surface area (Å²) in [4.78, 5) is 15.2. The van der Waals surface area contributed by atoms with Gasteiger partial charge in [-0.3, -0.25) is 10.1 Å². The zero-order valence-electron chi connectivity index (χ0n) is 15.2. The normalized spacial score (nSPS) is 12.3. The molecule has 0 atom stereocenters. The third-order valence-corrected chi connectivity index (χ3v) is 5.91. The van der Waals surface area contributed by atoms with Crippen LogP contribution in [0.4, 0.5) is 24.5 Å². The summed E-state index contributed by atoms with van der Waals surface area (Å²) in [6.45, 7) is 0.109. The predicted molar refractivity (Wildman–Crippen MR) is 99.2 cm³/mol. The van der Waals surface area contributed by atoms with Crippen molar-refractivity contribution < 1.29 is 26.5 Å². The summed E-state index contributed by atoms with van der Waals surface area (Å²) in [5, 5.41) is 11.4. The van der Waals surface area contributed by atoms with Gasteiger partial charge in [-0.2, -0.15) is 13.2 Å². The first kappa shape index (κ1) is 20.6. The number of aryl methyl sites for hydroxylation is 1. The van der Waals surface area contributed by atoms with Gasteiger partial charge in [-0.15, -0.1) is 0 Å². The van der Waals surface area contributed by atoms with Crippen molar-refractivity contribution in [2.75, 3.05) is 11.9 Å². The quantitative estimate of drug-likeness (QED) is 0.456. The number of aromatic nitrogens is 2. The molecule has 0 aliphatic rings. The first-order valence-corrected chi connectivity index (χ1v) is 9.63. The van der Waals surface area contributed by atoms with Crippen LogP contribution in [0.1, 0.15) is 5.82 Å². The van der Waals surface area contributed by atoms with Crippen LogP contribution >= 0.6 is 0 Å². The van der Waals surface area contributed by atoms with Crippen LogP contribution in [0.3, 0.4) is 0 Å². The van der Waals surface area contributed by atoms with Gasteiger partial charge >= 0.3 is 5.51 Å². The second-order valence-electron chi connectivity index (χ2n) is 6.29. The molecule has 154 valence electrons. The second kappa shape index (κ2) is 7.03. The van der Waals surface area contributed by atoms with Crippen molar-refractivity contribution in [2.24, 2.45) is 7.05 Å². The van der Waals surface area contributed by atoms with Gasteiger partial charge in [0.1, 0.15) is 11.5 Å². The number of sulfone groups is 1. The Morgan fingerprint density at radius 2 is 1.86 bits per heavy atom. The maximum Gasteiger partial charge on any atom is 0.501 e. The SMILES string of the molecule is CN(Cc1nc2ccccc2n1C)c1ccc(S(=O)(=O)C(F)(F)F)cc1[N+](=O)[O-]. The Hall–Kier alpha value is -3.15. The monoisotopic (exact) mass is 428 g/mol. The molecule has 3 aromatic rings. The van der Waals surface area contributed by atoms with Crippen LogP contribution in [0.25, 0.3) is 11.0 Å². The van der Waals surface area contributed by atoms with E-state index in [1.165, 1.54) is 11.9 Å². The molecular formula is C17H15F3N4O4S. The minimum absolute atomic E-state index is 0.0387. The topological polar surface area (TPSA) is 98.3 Å². The molecule has 0 unspecified atom stereocenters. The third kappa shape index (κ3) is 3.62. The lowest BCUT2D eigenvalue weighted by molar-refractivity contribution is -0.384. The molecule has 0 saturated carbocycles. The lowest BCUT2D eigenvalue weighted by Gasteiger charge is -2.19. The minimum atomic E-state index is -5.70. The Morgan fingerprint density at radius 3 is 2.45 bits per heavy atom. The maximum atomic E-state index is 12.8. The maximum absolute atomic E-state index is 12.8. The van der Waals surface area contributed by atoms with E-state index in [4.69, 9.17) is 0 Å². The van der Waals surface area contributed by atoms with E-state index in [1.807, 2.05) is 18.2 Å². The fourth-order valence-corrected chi connectivity index (χ4v) is 3.69. The number of nitro benzene ring substituents is 1. The first-order chi connectivity index (χ1) is 13.4. The minimum Gasteiger partial charge on any atom is -0.362 e. The van der Waals surface area contributed by atoms with Crippen LogP contribution in [0.5, 0.6) is 0 Å². The van der Waals surface area contributed by atoms with Crippen molar-refractivity contribution in [3.8, 4) is 0 Å². The Balaban J connectivity index is 2.01. The Labute approximate surface area is 163 Å². The number of hydrogen-bond acceptors (Lipinski definition) is 6. The largest absolute Gasteiger partial charge is 0.501 e. The lowest BCUT2D eigenvalue weighted by atomic mass is 10.2. The van der Waals surface area contributed by atoms with Gasteiger partial charge in [-0.25, -0.2) is 13.4 Å². The van der Waals surface area contributed by atoms with Gasteiger partial charge < -0.3 is 9.47 Å². The van der Waals surface area contributed by atoms with E-state index in [0.717, 1.165) is 17.1 Å². The summed E-state index contributed by atoms with van der Waals surface area (Å²) >= 11 is 0. The van der Waals surface area contributed by atoms with Crippen LogP contribution < -0.4 is 4.90 Å². The summed E-state index contributed by atoms with van der Waals surface area (Å²) in [6, 6.07) is 9.42. The van der Waals surface area contributed by atoms with Crippen LogP contribution in [0.15, 0.2) is 47.4 Å². The smallest absolute Gasteiger partial charge is 0.362 e. The molecule has 0 amide bonds. The molecule has 0 N–H and O–H groups in total. The van der Waals surface area contributed by atoms with Crippen LogP contribution in [-0.2, 0) is 23.4 Å². The number of rotatable bonds is 5. The van der Waals surface area contributed by atoms with Crippen molar-refractivity contribution in [2.45, 2.75) is 16.9 Å². The van der Waals surface area contributed by atoms with E-state index in [-0.39, 0.29) is 12.2 Å². The zero-order chi connectivity index (χ0) is 21.6. The second-order valence-corrected chi connectivity index (χ2v) is 8.23. The first-order valence-electron chi connectivity index (χ1n) is 8.14. The molecule has 0 aliphatic heterocycles. The molecule has 29 heavy (non-hydrogen) atoms. The molecule has 8 nitrogen and oxygen atoms in total. The summed E-state index contributed by atoms with van der Waals surface area (Å²) < 4.78 is 63.2. The number of nitro groups is 1. The summed E-state index contributed by atoms with van der Waals surface area (Å²) in [5.74, 6) is 0.565. The number of imidazole rings is 1. The highest BCUT2D eigenvalue weighted by atomic mass is 32.2. The van der Waals surface area contributed by atoms with Crippen molar-refractivity contribution in [3.63, 3.8) is 0 Å². The standard InChI is InChI=1S/C17H15F3N4O4S/c1-22(10-16-21-12-5-3-4-6-13(12)23(16)2)14-8-7-11(9-15(14)24(25)26)29(27,28)17(18,19)20/h3-9H,10H2,1-2H3. The van der Waals surface area contributed by atoms with Crippen LogP contribution in [-0.4, -0.2) is 35.4 Å². The van der Waals surface area contributed by atoms with Crippen molar-refractivity contribution in [1.82, 2.24) is 9.55 Å². The highest BCUT2D eigenvalue weighted by molar-refractivity contribution is 7.92. The molecule has 2 aromatic carbocycles. The summed E-state index contributed by atoms with van der Waals surface area (Å²) in [7, 11) is -2.43. The number of para-hydroxylation sites is 2. The lowest BCUT2D eigenvalue weighted by Crippen LogP contribution is -2.24. The zero-order valence-corrected chi connectivity index (χ0v) is 16.0. The van der Waals surface area contributed by atoms with E-state index in [1.54, 1.807) is 17.7 Å². The molecule has 1 heterocycles. The summed E-state index contributed by atoms with van der Waals surface area (Å²) in [5.41, 5.74) is -4.78. The van der Waals surface area contributed by atoms with Crippen LogP contribution in [0, 0.1) is 10.1 Å². The third-order valence-electron chi connectivity index (χ3n) is 4.43. The highest BCUT2D eigenvalue weighted by Crippen LogP contribution is 2.36. The van der Waals surface area contributed by atoms with Crippen LogP contribution in [0.2, 0.25) is 0 Å². The van der Waals surface area contributed by atoms with E-state index >= 15 is 0 Å². The van der Waals surface area contributed by atoms with Gasteiger partial charge in [-0.05, 0) is 24.3 Å². The Bertz CT molecular complexity index is 1210. The molecule has 0 bridgehead atoms. The average Bonchev–Trinajstić information content (AvgIpc) is 2.96. The highest BCUT2D eigenvalue weighted by Gasteiger charge is 2.47. The Kier molecular flexibility index (Phi) is 4.99. The van der Waals surface area contributed by atoms with Gasteiger partial charge in [0.2, 0.25) is 0 Å². The fraction of sp³-hybridized carbons (Fsp3) is 0.235. The number of benzene rings is 2. The summed E-state index contributed by atoms with van der Waals surface area (Å²) in [6.07, 6.45) is 0. The molecule has 0 saturated heterocycles. The Morgan fingerprint density at radius 1 is 1.21 bits per heavy atom. The van der Waals surface area contributed by atoms with E-state index in [2.05, 4.69) is 4.98 Å². The van der Waals surface area contributed by atoms with Gasteiger partial charge in [0.15, 0.2) is 0 Å². The number of nitrogens with zero attached hydrogens (tertiary/aromatic N) is 4. The molecule has 12 heteroatoms. The van der Waals surface area contributed by atoms with Gasteiger partial charge in [0, 0.05) is 20.2 Å². The van der Waals surface area contributed by atoms with Gasteiger partial charge in [0.05, 0.1) is 27.4 Å². The number of halogens is 3. The molecule has 0 aliphatic carbocycles. The van der Waals surface area contributed by atoms with Gasteiger partial charge in [0.25, 0.3) is 15.5 Å². The molecule has 3 rings (SSSR count). The average molecular weight is 428 g/mol. The number of anilines is 1. The predicted octanol–water partition coefficient (Wildman–Crippen LogP) is 3.41. The molecule has 0 radical (unpaired) electrons. The van der Waals surface area contributed by atoms with E-state index in [9.17, 15) is 31.7 Å². The molecule has 1 aromatic heterocycles.